The van der Waals surface area contributed by atoms with Gasteiger partial charge in [0, 0.05) is 30.2 Å². The Morgan fingerprint density at radius 1 is 1.10 bits per heavy atom. The first-order valence-corrected chi connectivity index (χ1v) is 10.5. The molecular weight excluding hydrogens is 395 g/mol. The molecule has 3 aromatic rings. The second-order valence-corrected chi connectivity index (χ2v) is 8.33. The molecule has 0 saturated heterocycles. The second kappa shape index (κ2) is 9.33. The molecule has 31 heavy (non-hydrogen) atoms. The summed E-state index contributed by atoms with van der Waals surface area (Å²) < 4.78 is 15.0. The van der Waals surface area contributed by atoms with Gasteiger partial charge in [0.1, 0.15) is 5.82 Å². The van der Waals surface area contributed by atoms with E-state index in [-0.39, 0.29) is 18.1 Å². The van der Waals surface area contributed by atoms with E-state index in [1.165, 1.54) is 36.2 Å². The number of carboxylic acid groups (broad SMARTS) is 1. The highest BCUT2D eigenvalue weighted by Gasteiger charge is 2.28. The van der Waals surface area contributed by atoms with Crippen molar-refractivity contribution < 1.29 is 19.1 Å². The first-order valence-electron chi connectivity index (χ1n) is 10.5. The molecule has 4 rings (SSSR count). The van der Waals surface area contributed by atoms with Gasteiger partial charge in [-0.1, -0.05) is 30.3 Å². The van der Waals surface area contributed by atoms with E-state index < -0.39 is 11.4 Å². The van der Waals surface area contributed by atoms with Crippen molar-refractivity contribution in [2.45, 2.75) is 51.5 Å². The number of halogens is 1. The molecule has 2 heterocycles. The van der Waals surface area contributed by atoms with Crippen LogP contribution in [0, 0.1) is 5.82 Å². The molecular formula is C25H29FN2O3. The lowest BCUT2D eigenvalue weighted by atomic mass is 9.84. The third-order valence-corrected chi connectivity index (χ3v) is 5.93. The summed E-state index contributed by atoms with van der Waals surface area (Å²) in [5.74, 6) is -1.11. The lowest BCUT2D eigenvalue weighted by molar-refractivity contribution is -0.136. The van der Waals surface area contributed by atoms with E-state index in [0.717, 1.165) is 29.5 Å². The number of rotatable bonds is 4. The first kappa shape index (κ1) is 22.5. The van der Waals surface area contributed by atoms with Gasteiger partial charge in [-0.2, -0.15) is 0 Å². The summed E-state index contributed by atoms with van der Waals surface area (Å²) in [6, 6.07) is 14.1. The quantitative estimate of drug-likeness (QED) is 0.650. The van der Waals surface area contributed by atoms with Crippen LogP contribution in [0.4, 0.5) is 4.39 Å². The lowest BCUT2D eigenvalue weighted by Gasteiger charge is -2.22. The minimum atomic E-state index is -0.741. The van der Waals surface area contributed by atoms with Gasteiger partial charge in [0.15, 0.2) is 0 Å². The number of likely N-dealkylation sites (N-methyl/N-ethyl adjacent to an activating group) is 1. The number of carbonyl (C=O) groups is 2. The SMILES string of the molecule is CNC(=O)C(C)(C)c1ccc(F)cc1.O=C(O)Cc1c2n(c3ccccc13)CCCC2. The van der Waals surface area contributed by atoms with Crippen molar-refractivity contribution in [3.05, 3.63) is 71.2 Å². The molecule has 0 spiro atoms. The number of para-hydroxylation sites is 1. The van der Waals surface area contributed by atoms with Crippen molar-refractivity contribution in [2.75, 3.05) is 7.05 Å². The van der Waals surface area contributed by atoms with E-state index >= 15 is 0 Å². The summed E-state index contributed by atoms with van der Waals surface area (Å²) >= 11 is 0. The molecule has 1 amide bonds. The van der Waals surface area contributed by atoms with Gasteiger partial charge in [-0.15, -0.1) is 0 Å². The van der Waals surface area contributed by atoms with Gasteiger partial charge in [-0.05, 0) is 62.4 Å². The Kier molecular flexibility index (Phi) is 6.78. The number of fused-ring (bicyclic) bond motifs is 3. The molecule has 164 valence electrons. The van der Waals surface area contributed by atoms with E-state index in [4.69, 9.17) is 5.11 Å². The Balaban J connectivity index is 0.000000180. The van der Waals surface area contributed by atoms with E-state index in [9.17, 15) is 14.0 Å². The summed E-state index contributed by atoms with van der Waals surface area (Å²) in [5, 5.41) is 12.7. The largest absolute Gasteiger partial charge is 0.481 e. The Hall–Kier alpha value is -3.15. The van der Waals surface area contributed by atoms with Gasteiger partial charge >= 0.3 is 5.97 Å². The zero-order chi connectivity index (χ0) is 22.6. The molecule has 5 nitrogen and oxygen atoms in total. The smallest absolute Gasteiger partial charge is 0.307 e. The summed E-state index contributed by atoms with van der Waals surface area (Å²) in [7, 11) is 1.59. The fourth-order valence-corrected chi connectivity index (χ4v) is 4.19. The van der Waals surface area contributed by atoms with Gasteiger partial charge in [-0.3, -0.25) is 9.59 Å². The summed E-state index contributed by atoms with van der Waals surface area (Å²) in [4.78, 5) is 22.5. The third-order valence-electron chi connectivity index (χ3n) is 5.93. The average molecular weight is 425 g/mol. The molecule has 0 aliphatic carbocycles. The van der Waals surface area contributed by atoms with Crippen LogP contribution >= 0.6 is 0 Å². The minimum absolute atomic E-state index is 0.0795. The number of aryl methyl sites for hydroxylation is 1. The Labute approximate surface area is 181 Å². The number of aliphatic carboxylic acids is 1. The minimum Gasteiger partial charge on any atom is -0.481 e. The van der Waals surface area contributed by atoms with Crippen molar-refractivity contribution in [2.24, 2.45) is 0 Å². The number of carboxylic acids is 1. The van der Waals surface area contributed by atoms with E-state index in [1.807, 2.05) is 18.2 Å². The van der Waals surface area contributed by atoms with Crippen LogP contribution in [-0.4, -0.2) is 28.6 Å². The van der Waals surface area contributed by atoms with Crippen molar-refractivity contribution in [1.82, 2.24) is 9.88 Å². The lowest BCUT2D eigenvalue weighted by Crippen LogP contribution is -2.37. The molecule has 1 aliphatic heterocycles. The normalized spacial score (nSPS) is 13.2. The van der Waals surface area contributed by atoms with Gasteiger partial charge in [0.05, 0.1) is 11.8 Å². The summed E-state index contributed by atoms with van der Waals surface area (Å²) in [6.45, 7) is 4.63. The van der Waals surface area contributed by atoms with Crippen LogP contribution in [0.25, 0.3) is 10.9 Å². The molecule has 0 bridgehead atoms. The van der Waals surface area contributed by atoms with Crippen LogP contribution in [0.3, 0.4) is 0 Å². The highest BCUT2D eigenvalue weighted by molar-refractivity contribution is 5.89. The number of nitrogens with one attached hydrogen (secondary N) is 1. The zero-order valence-corrected chi connectivity index (χ0v) is 18.2. The fourth-order valence-electron chi connectivity index (χ4n) is 4.19. The van der Waals surface area contributed by atoms with Crippen LogP contribution < -0.4 is 5.32 Å². The van der Waals surface area contributed by atoms with Crippen molar-refractivity contribution in [3.8, 4) is 0 Å². The summed E-state index contributed by atoms with van der Waals surface area (Å²) in [6.07, 6.45) is 3.52. The van der Waals surface area contributed by atoms with Gasteiger partial charge in [0.25, 0.3) is 0 Å². The highest BCUT2D eigenvalue weighted by Crippen LogP contribution is 2.31. The Morgan fingerprint density at radius 3 is 2.42 bits per heavy atom. The molecule has 6 heteroatoms. The van der Waals surface area contributed by atoms with Crippen molar-refractivity contribution in [3.63, 3.8) is 0 Å². The van der Waals surface area contributed by atoms with Gasteiger partial charge in [0.2, 0.25) is 5.91 Å². The number of amides is 1. The molecule has 0 radical (unpaired) electrons. The standard InChI is InChI=1S/C14H15NO2.C11H14FNO/c16-14(17)9-11-10-5-1-2-6-12(10)15-8-4-3-7-13(11)15;1-11(2,10(14)13-3)8-4-6-9(12)7-5-8/h1-2,5-6H,3-4,7-9H2,(H,16,17);4-7H,1-3H3,(H,13,14). The predicted molar refractivity (Wildman–Crippen MR) is 120 cm³/mol. The average Bonchev–Trinajstić information content (AvgIpc) is 3.07. The molecule has 0 atom stereocenters. The second-order valence-electron chi connectivity index (χ2n) is 8.33. The number of nitrogens with zero attached hydrogens (tertiary/aromatic N) is 1. The van der Waals surface area contributed by atoms with Crippen LogP contribution in [0.5, 0.6) is 0 Å². The van der Waals surface area contributed by atoms with Crippen LogP contribution in [0.2, 0.25) is 0 Å². The molecule has 2 aromatic carbocycles. The monoisotopic (exact) mass is 424 g/mol. The summed E-state index contributed by atoms with van der Waals surface area (Å²) in [5.41, 5.74) is 3.63. The molecule has 0 unspecified atom stereocenters. The van der Waals surface area contributed by atoms with Crippen molar-refractivity contribution in [1.29, 1.82) is 0 Å². The number of aromatic nitrogens is 1. The van der Waals surface area contributed by atoms with Crippen LogP contribution in [0.1, 0.15) is 43.5 Å². The maximum absolute atomic E-state index is 12.7. The number of hydrogen-bond acceptors (Lipinski definition) is 2. The topological polar surface area (TPSA) is 71.3 Å². The van der Waals surface area contributed by atoms with E-state index in [0.29, 0.717) is 0 Å². The number of benzene rings is 2. The van der Waals surface area contributed by atoms with E-state index in [2.05, 4.69) is 16.0 Å². The Bertz CT molecular complexity index is 1080. The van der Waals surface area contributed by atoms with Crippen molar-refractivity contribution >= 4 is 22.8 Å². The van der Waals surface area contributed by atoms with Crippen LogP contribution in [0.15, 0.2) is 48.5 Å². The Morgan fingerprint density at radius 2 is 1.77 bits per heavy atom. The molecule has 0 saturated carbocycles. The molecule has 0 fully saturated rings. The molecule has 2 N–H and O–H groups in total. The zero-order valence-electron chi connectivity index (χ0n) is 18.2. The van der Waals surface area contributed by atoms with Gasteiger partial charge in [-0.25, -0.2) is 4.39 Å². The number of carbonyl (C=O) groups excluding carboxylic acids is 1. The predicted octanol–water partition coefficient (Wildman–Crippen LogP) is 4.45. The van der Waals surface area contributed by atoms with Crippen LogP contribution in [-0.2, 0) is 34.4 Å². The maximum Gasteiger partial charge on any atom is 0.307 e. The van der Waals surface area contributed by atoms with E-state index in [1.54, 1.807) is 33.0 Å². The highest BCUT2D eigenvalue weighted by atomic mass is 19.1. The molecule has 1 aromatic heterocycles. The first-order chi connectivity index (χ1) is 14.8. The number of hydrogen-bond donors (Lipinski definition) is 2. The molecule has 1 aliphatic rings. The maximum atomic E-state index is 12.7. The fraction of sp³-hybridized carbons (Fsp3) is 0.360. The third kappa shape index (κ3) is 4.79. The van der Waals surface area contributed by atoms with Gasteiger partial charge < -0.3 is 15.0 Å².